The molecule has 2 aromatic rings. The van der Waals surface area contributed by atoms with Gasteiger partial charge in [-0.1, -0.05) is 60.7 Å². The van der Waals surface area contributed by atoms with E-state index in [9.17, 15) is 14.4 Å². The van der Waals surface area contributed by atoms with Crippen LogP contribution in [0.4, 0.5) is 0 Å². The normalized spacial score (nSPS) is 15.9. The molecule has 1 aliphatic carbocycles. The lowest BCUT2D eigenvalue weighted by Gasteiger charge is -2.40. The van der Waals surface area contributed by atoms with Gasteiger partial charge in [0.2, 0.25) is 5.91 Å². The number of carbonyl (C=O) groups excluding carboxylic acids is 1. The number of primary amides is 1. The van der Waals surface area contributed by atoms with Gasteiger partial charge in [-0.2, -0.15) is 0 Å². The van der Waals surface area contributed by atoms with E-state index in [2.05, 4.69) is 60.7 Å². The number of carboxylic acid groups (broad SMARTS) is 2. The van der Waals surface area contributed by atoms with Crippen molar-refractivity contribution in [2.75, 3.05) is 0 Å². The lowest BCUT2D eigenvalue weighted by molar-refractivity contribution is -0.134. The van der Waals surface area contributed by atoms with Crippen LogP contribution in [0.5, 0.6) is 0 Å². The molecular weight excluding hydrogens is 370 g/mol. The Kier molecular flexibility index (Phi) is 7.71. The summed E-state index contributed by atoms with van der Waals surface area (Å²) >= 11 is 0. The van der Waals surface area contributed by atoms with Crippen LogP contribution in [-0.2, 0) is 19.8 Å². The number of nitrogens with two attached hydrogens (primary N) is 1. The van der Waals surface area contributed by atoms with Crippen molar-refractivity contribution in [1.29, 1.82) is 0 Å². The molecule has 0 atom stereocenters. The van der Waals surface area contributed by atoms with Gasteiger partial charge in [0.25, 0.3) is 0 Å². The van der Waals surface area contributed by atoms with Crippen LogP contribution >= 0.6 is 0 Å². The van der Waals surface area contributed by atoms with Crippen LogP contribution in [-0.4, -0.2) is 28.1 Å². The summed E-state index contributed by atoms with van der Waals surface area (Å²) in [4.78, 5) is 30.6. The fraction of sp³-hybridized carbons (Fsp3) is 0.261. The maximum absolute atomic E-state index is 11.5. The average molecular weight is 395 g/mol. The molecule has 0 aromatic heterocycles. The van der Waals surface area contributed by atoms with E-state index in [0.717, 1.165) is 25.7 Å². The molecule has 2 aromatic carbocycles. The molecule has 0 heterocycles. The van der Waals surface area contributed by atoms with Crippen LogP contribution < -0.4 is 5.73 Å². The van der Waals surface area contributed by atoms with Crippen molar-refractivity contribution in [3.8, 4) is 0 Å². The summed E-state index contributed by atoms with van der Waals surface area (Å²) in [6.45, 7) is 0. The molecule has 1 saturated carbocycles. The van der Waals surface area contributed by atoms with Gasteiger partial charge in [-0.3, -0.25) is 4.79 Å². The summed E-state index contributed by atoms with van der Waals surface area (Å²) in [5.41, 5.74) is 8.21. The third-order valence-electron chi connectivity index (χ3n) is 5.26. The molecule has 1 amide bonds. The fourth-order valence-electron chi connectivity index (χ4n) is 3.80. The Labute approximate surface area is 169 Å². The highest BCUT2D eigenvalue weighted by atomic mass is 16.4. The number of rotatable bonds is 5. The number of hydrogen-bond acceptors (Lipinski definition) is 3. The minimum Gasteiger partial charge on any atom is -0.478 e. The number of amides is 1. The number of benzene rings is 2. The number of carbonyl (C=O) groups is 3. The maximum atomic E-state index is 11.5. The van der Waals surface area contributed by atoms with E-state index in [1.807, 2.05) is 0 Å². The second kappa shape index (κ2) is 10.2. The maximum Gasteiger partial charge on any atom is 0.328 e. The number of carboxylic acids is 2. The van der Waals surface area contributed by atoms with Gasteiger partial charge < -0.3 is 15.9 Å². The summed E-state index contributed by atoms with van der Waals surface area (Å²) in [5.74, 6) is -2.63. The lowest BCUT2D eigenvalue weighted by Crippen LogP contribution is -2.37. The van der Waals surface area contributed by atoms with E-state index >= 15 is 0 Å². The van der Waals surface area contributed by atoms with E-state index < -0.39 is 11.9 Å². The second-order valence-corrected chi connectivity index (χ2v) is 7.00. The SMILES string of the molecule is NC(=O)C1CCC(c2ccccc2)(c2ccccc2)CC1.O=C(O)/C=C/C(=O)O. The second-order valence-electron chi connectivity index (χ2n) is 7.00. The predicted molar refractivity (Wildman–Crippen MR) is 109 cm³/mol. The van der Waals surface area contributed by atoms with Crippen LogP contribution in [0.15, 0.2) is 72.8 Å². The van der Waals surface area contributed by atoms with Gasteiger partial charge in [-0.05, 0) is 36.8 Å². The first-order valence-electron chi connectivity index (χ1n) is 9.39. The molecule has 152 valence electrons. The first-order chi connectivity index (χ1) is 13.8. The van der Waals surface area contributed by atoms with Crippen molar-refractivity contribution in [3.63, 3.8) is 0 Å². The molecule has 4 N–H and O–H groups in total. The quantitative estimate of drug-likeness (QED) is 0.671. The van der Waals surface area contributed by atoms with E-state index in [1.54, 1.807) is 0 Å². The van der Waals surface area contributed by atoms with Crippen molar-refractivity contribution in [3.05, 3.63) is 83.9 Å². The van der Waals surface area contributed by atoms with Gasteiger partial charge >= 0.3 is 11.9 Å². The number of aliphatic carboxylic acids is 2. The molecule has 29 heavy (non-hydrogen) atoms. The van der Waals surface area contributed by atoms with E-state index in [-0.39, 0.29) is 17.2 Å². The van der Waals surface area contributed by atoms with Crippen molar-refractivity contribution in [2.24, 2.45) is 11.7 Å². The molecule has 3 rings (SSSR count). The summed E-state index contributed by atoms with van der Waals surface area (Å²) in [6, 6.07) is 21.3. The van der Waals surface area contributed by atoms with Gasteiger partial charge in [-0.15, -0.1) is 0 Å². The van der Waals surface area contributed by atoms with Gasteiger partial charge in [0.05, 0.1) is 0 Å². The summed E-state index contributed by atoms with van der Waals surface area (Å²) in [6.07, 6.45) is 4.83. The van der Waals surface area contributed by atoms with Crippen molar-refractivity contribution in [1.82, 2.24) is 0 Å². The largest absolute Gasteiger partial charge is 0.478 e. The molecule has 6 nitrogen and oxygen atoms in total. The topological polar surface area (TPSA) is 118 Å². The molecule has 0 radical (unpaired) electrons. The van der Waals surface area contributed by atoms with E-state index in [4.69, 9.17) is 15.9 Å². The zero-order valence-corrected chi connectivity index (χ0v) is 16.0. The fourth-order valence-corrected chi connectivity index (χ4v) is 3.80. The Morgan fingerprint density at radius 1 is 0.793 bits per heavy atom. The zero-order chi connectivity index (χ0) is 21.3. The average Bonchev–Trinajstić information content (AvgIpc) is 2.74. The Bertz CT molecular complexity index is 796. The van der Waals surface area contributed by atoms with Gasteiger partial charge in [0, 0.05) is 23.5 Å². The van der Waals surface area contributed by atoms with Gasteiger partial charge in [0.1, 0.15) is 0 Å². The lowest BCUT2D eigenvalue weighted by atomic mass is 9.63. The molecule has 0 spiro atoms. The Morgan fingerprint density at radius 3 is 1.48 bits per heavy atom. The van der Waals surface area contributed by atoms with E-state index in [1.165, 1.54) is 11.1 Å². The first kappa shape index (κ1) is 21.9. The summed E-state index contributed by atoms with van der Waals surface area (Å²) in [7, 11) is 0. The molecule has 0 saturated heterocycles. The monoisotopic (exact) mass is 395 g/mol. The minimum atomic E-state index is -1.26. The minimum absolute atomic E-state index is 0.0223. The highest BCUT2D eigenvalue weighted by molar-refractivity contribution is 5.89. The molecule has 1 aliphatic rings. The molecule has 6 heteroatoms. The summed E-state index contributed by atoms with van der Waals surface area (Å²) in [5, 5.41) is 15.6. The van der Waals surface area contributed by atoms with Crippen molar-refractivity contribution >= 4 is 17.8 Å². The predicted octanol–water partition coefficient (Wildman–Crippen LogP) is 3.36. The van der Waals surface area contributed by atoms with Crippen LogP contribution in [0, 0.1) is 5.92 Å². The Hall–Kier alpha value is -3.41. The third-order valence-corrected chi connectivity index (χ3v) is 5.26. The molecular formula is C23H25NO5. The molecule has 0 bridgehead atoms. The standard InChI is InChI=1S/C19H21NO.C4H4O4/c20-18(21)15-11-13-19(14-12-15,16-7-3-1-4-8-16)17-9-5-2-6-10-17;5-3(6)1-2-4(7)8/h1-10,15H,11-14H2,(H2,20,21);1-2H,(H,5,6)(H,7,8)/b;2-1+. The zero-order valence-electron chi connectivity index (χ0n) is 16.0. The summed E-state index contributed by atoms with van der Waals surface area (Å²) < 4.78 is 0. The van der Waals surface area contributed by atoms with Crippen molar-refractivity contribution < 1.29 is 24.6 Å². The van der Waals surface area contributed by atoms with E-state index in [0.29, 0.717) is 12.2 Å². The third kappa shape index (κ3) is 6.04. The Morgan fingerprint density at radius 2 is 1.17 bits per heavy atom. The van der Waals surface area contributed by atoms with Crippen LogP contribution in [0.2, 0.25) is 0 Å². The van der Waals surface area contributed by atoms with Gasteiger partial charge in [-0.25, -0.2) is 9.59 Å². The van der Waals surface area contributed by atoms with Gasteiger partial charge in [0.15, 0.2) is 0 Å². The smallest absolute Gasteiger partial charge is 0.328 e. The molecule has 0 unspecified atom stereocenters. The van der Waals surface area contributed by atoms with Crippen LogP contribution in [0.3, 0.4) is 0 Å². The van der Waals surface area contributed by atoms with Crippen LogP contribution in [0.1, 0.15) is 36.8 Å². The molecule has 1 fully saturated rings. The van der Waals surface area contributed by atoms with Crippen LogP contribution in [0.25, 0.3) is 0 Å². The Balaban J connectivity index is 0.000000321. The molecule has 0 aliphatic heterocycles. The highest BCUT2D eigenvalue weighted by Gasteiger charge is 2.39. The number of hydrogen-bond donors (Lipinski definition) is 3. The first-order valence-corrected chi connectivity index (χ1v) is 9.39. The highest BCUT2D eigenvalue weighted by Crippen LogP contribution is 2.46. The van der Waals surface area contributed by atoms with Crippen molar-refractivity contribution in [2.45, 2.75) is 31.1 Å².